The number of nitrogens with zero attached hydrogens (tertiary/aromatic N) is 2. The third-order valence-corrected chi connectivity index (χ3v) is 4.21. The molecule has 6 heteroatoms. The van der Waals surface area contributed by atoms with Gasteiger partial charge in [-0.1, -0.05) is 6.07 Å². The standard InChI is InChI=1S/C19H19F3N2O/c1-13-9-17-18(10-14(13)2)24(12-23-17)7-4-8-25-16-6-3-5-15(11-16)19(20,21)22/h3,5-6,9-12H,4,7-8H2,1-2H3. The molecule has 2 aromatic carbocycles. The summed E-state index contributed by atoms with van der Waals surface area (Å²) < 4.78 is 45.6. The highest BCUT2D eigenvalue weighted by atomic mass is 19.4. The minimum atomic E-state index is -4.36. The Labute approximate surface area is 144 Å². The van der Waals surface area contributed by atoms with Crippen LogP contribution < -0.4 is 4.74 Å². The molecule has 0 unspecified atom stereocenters. The molecule has 0 amide bonds. The Bertz CT molecular complexity index is 884. The molecule has 0 saturated carbocycles. The number of imidazole rings is 1. The highest BCUT2D eigenvalue weighted by molar-refractivity contribution is 5.77. The molecule has 0 spiro atoms. The molecule has 3 aromatic rings. The third-order valence-electron chi connectivity index (χ3n) is 4.21. The highest BCUT2D eigenvalue weighted by Gasteiger charge is 2.30. The first-order chi connectivity index (χ1) is 11.8. The van der Waals surface area contributed by atoms with E-state index in [9.17, 15) is 13.2 Å². The molecule has 0 atom stereocenters. The van der Waals surface area contributed by atoms with Gasteiger partial charge in [0, 0.05) is 6.54 Å². The quantitative estimate of drug-likeness (QED) is 0.597. The van der Waals surface area contributed by atoms with Crippen molar-refractivity contribution in [1.82, 2.24) is 9.55 Å². The molecular weight excluding hydrogens is 329 g/mol. The summed E-state index contributed by atoms with van der Waals surface area (Å²) in [6.45, 7) is 5.14. The van der Waals surface area contributed by atoms with E-state index in [1.165, 1.54) is 23.3 Å². The number of benzene rings is 2. The number of alkyl halides is 3. The first kappa shape index (κ1) is 17.3. The van der Waals surface area contributed by atoms with Crippen LogP contribution in [0, 0.1) is 13.8 Å². The summed E-state index contributed by atoms with van der Waals surface area (Å²) in [7, 11) is 0. The van der Waals surface area contributed by atoms with E-state index in [-0.39, 0.29) is 5.75 Å². The van der Waals surface area contributed by atoms with E-state index in [2.05, 4.69) is 31.0 Å². The Morgan fingerprint density at radius 1 is 1.08 bits per heavy atom. The van der Waals surface area contributed by atoms with Crippen molar-refractivity contribution in [2.24, 2.45) is 0 Å². The average molecular weight is 348 g/mol. The topological polar surface area (TPSA) is 27.1 Å². The van der Waals surface area contributed by atoms with E-state index in [0.717, 1.165) is 23.2 Å². The zero-order valence-corrected chi connectivity index (χ0v) is 14.1. The van der Waals surface area contributed by atoms with Crippen LogP contribution in [0.1, 0.15) is 23.1 Å². The molecule has 0 radical (unpaired) electrons. The summed E-state index contributed by atoms with van der Waals surface area (Å²) in [6.07, 6.45) is -1.90. The fourth-order valence-corrected chi connectivity index (χ4v) is 2.68. The van der Waals surface area contributed by atoms with Crippen LogP contribution >= 0.6 is 0 Å². The van der Waals surface area contributed by atoms with Crippen molar-refractivity contribution in [3.63, 3.8) is 0 Å². The Morgan fingerprint density at radius 3 is 2.60 bits per heavy atom. The lowest BCUT2D eigenvalue weighted by Crippen LogP contribution is -2.07. The molecule has 0 N–H and O–H groups in total. The maximum atomic E-state index is 12.7. The molecule has 1 heterocycles. The molecule has 3 rings (SSSR count). The number of fused-ring (bicyclic) bond motifs is 1. The van der Waals surface area contributed by atoms with Gasteiger partial charge < -0.3 is 9.30 Å². The van der Waals surface area contributed by atoms with Gasteiger partial charge in [0.1, 0.15) is 5.75 Å². The van der Waals surface area contributed by atoms with Gasteiger partial charge in [-0.3, -0.25) is 0 Å². The van der Waals surface area contributed by atoms with Gasteiger partial charge >= 0.3 is 6.18 Å². The smallest absolute Gasteiger partial charge is 0.416 e. The van der Waals surface area contributed by atoms with Crippen LogP contribution in [0.15, 0.2) is 42.7 Å². The number of aromatic nitrogens is 2. The molecule has 0 bridgehead atoms. The molecule has 0 saturated heterocycles. The molecule has 25 heavy (non-hydrogen) atoms. The highest BCUT2D eigenvalue weighted by Crippen LogP contribution is 2.31. The van der Waals surface area contributed by atoms with Crippen LogP contribution in [0.2, 0.25) is 0 Å². The fraction of sp³-hybridized carbons (Fsp3) is 0.316. The summed E-state index contributed by atoms with van der Waals surface area (Å²) in [5.74, 6) is 0.233. The Morgan fingerprint density at radius 2 is 1.84 bits per heavy atom. The lowest BCUT2D eigenvalue weighted by atomic mass is 10.1. The van der Waals surface area contributed by atoms with E-state index in [4.69, 9.17) is 4.74 Å². The van der Waals surface area contributed by atoms with Crippen molar-refractivity contribution < 1.29 is 17.9 Å². The van der Waals surface area contributed by atoms with Crippen LogP contribution in [-0.2, 0) is 12.7 Å². The van der Waals surface area contributed by atoms with Crippen LogP contribution in [0.3, 0.4) is 0 Å². The summed E-state index contributed by atoms with van der Waals surface area (Å²) >= 11 is 0. The second-order valence-electron chi connectivity index (χ2n) is 6.09. The second-order valence-corrected chi connectivity index (χ2v) is 6.09. The fourth-order valence-electron chi connectivity index (χ4n) is 2.68. The Kier molecular flexibility index (Phi) is 4.70. The van der Waals surface area contributed by atoms with Crippen LogP contribution in [0.5, 0.6) is 5.75 Å². The zero-order chi connectivity index (χ0) is 18.0. The van der Waals surface area contributed by atoms with Crippen LogP contribution in [0.25, 0.3) is 11.0 Å². The van der Waals surface area contributed by atoms with Gasteiger partial charge in [-0.05, 0) is 61.7 Å². The molecule has 0 aliphatic heterocycles. The predicted molar refractivity (Wildman–Crippen MR) is 90.8 cm³/mol. The van der Waals surface area contributed by atoms with E-state index in [1.807, 2.05) is 4.57 Å². The number of ether oxygens (including phenoxy) is 1. The van der Waals surface area contributed by atoms with Crippen LogP contribution in [-0.4, -0.2) is 16.2 Å². The number of halogens is 3. The minimum Gasteiger partial charge on any atom is -0.494 e. The van der Waals surface area contributed by atoms with Gasteiger partial charge in [0.05, 0.1) is 29.5 Å². The monoisotopic (exact) mass is 348 g/mol. The predicted octanol–water partition coefficient (Wildman–Crippen LogP) is 5.14. The minimum absolute atomic E-state index is 0.233. The van der Waals surface area contributed by atoms with E-state index in [0.29, 0.717) is 19.6 Å². The number of aryl methyl sites for hydroxylation is 3. The van der Waals surface area contributed by atoms with Gasteiger partial charge in [-0.15, -0.1) is 0 Å². The van der Waals surface area contributed by atoms with Crippen molar-refractivity contribution in [2.75, 3.05) is 6.61 Å². The molecule has 0 fully saturated rings. The van der Waals surface area contributed by atoms with Gasteiger partial charge in [-0.25, -0.2) is 4.98 Å². The summed E-state index contributed by atoms with van der Waals surface area (Å²) in [4.78, 5) is 4.39. The maximum absolute atomic E-state index is 12.7. The Balaban J connectivity index is 1.60. The number of hydrogen-bond acceptors (Lipinski definition) is 2. The Hall–Kier alpha value is -2.50. The lowest BCUT2D eigenvalue weighted by Gasteiger charge is -2.11. The molecular formula is C19H19F3N2O. The second kappa shape index (κ2) is 6.78. The first-order valence-electron chi connectivity index (χ1n) is 8.07. The first-order valence-corrected chi connectivity index (χ1v) is 8.07. The van der Waals surface area contributed by atoms with Crippen molar-refractivity contribution >= 4 is 11.0 Å². The van der Waals surface area contributed by atoms with Crippen molar-refractivity contribution in [3.05, 3.63) is 59.4 Å². The molecule has 0 aliphatic rings. The van der Waals surface area contributed by atoms with Gasteiger partial charge in [0.15, 0.2) is 0 Å². The molecule has 132 valence electrons. The van der Waals surface area contributed by atoms with Crippen LogP contribution in [0.4, 0.5) is 13.2 Å². The number of rotatable bonds is 5. The van der Waals surface area contributed by atoms with Gasteiger partial charge in [0.25, 0.3) is 0 Å². The molecule has 1 aromatic heterocycles. The van der Waals surface area contributed by atoms with E-state index < -0.39 is 11.7 Å². The number of hydrogen-bond donors (Lipinski definition) is 0. The lowest BCUT2D eigenvalue weighted by molar-refractivity contribution is -0.137. The van der Waals surface area contributed by atoms with Crippen molar-refractivity contribution in [3.8, 4) is 5.75 Å². The van der Waals surface area contributed by atoms with Crippen molar-refractivity contribution in [1.29, 1.82) is 0 Å². The van der Waals surface area contributed by atoms with Gasteiger partial charge in [0.2, 0.25) is 0 Å². The molecule has 0 aliphatic carbocycles. The zero-order valence-electron chi connectivity index (χ0n) is 14.1. The average Bonchev–Trinajstić information content (AvgIpc) is 2.93. The summed E-state index contributed by atoms with van der Waals surface area (Å²) in [6, 6.07) is 9.11. The normalized spacial score (nSPS) is 11.9. The SMILES string of the molecule is Cc1cc2ncn(CCCOc3cccc(C(F)(F)F)c3)c2cc1C. The maximum Gasteiger partial charge on any atom is 0.416 e. The largest absolute Gasteiger partial charge is 0.494 e. The van der Waals surface area contributed by atoms with E-state index in [1.54, 1.807) is 6.33 Å². The molecule has 3 nitrogen and oxygen atoms in total. The van der Waals surface area contributed by atoms with E-state index >= 15 is 0 Å². The summed E-state index contributed by atoms with van der Waals surface area (Å²) in [5.41, 5.74) is 3.71. The van der Waals surface area contributed by atoms with Gasteiger partial charge in [-0.2, -0.15) is 13.2 Å². The van der Waals surface area contributed by atoms with Crippen molar-refractivity contribution in [2.45, 2.75) is 33.0 Å². The summed E-state index contributed by atoms with van der Waals surface area (Å²) in [5, 5.41) is 0. The third kappa shape index (κ3) is 3.95.